The van der Waals surface area contributed by atoms with Crippen LogP contribution in [0, 0.1) is 0 Å². The van der Waals surface area contributed by atoms with Crippen molar-refractivity contribution in [3.63, 3.8) is 0 Å². The predicted molar refractivity (Wildman–Crippen MR) is 54.5 cm³/mol. The van der Waals surface area contributed by atoms with E-state index < -0.39 is 18.3 Å². The standard InChI is InChI=1S/C10H9ClF3N/c11-9-3-1-2-7(5-9)4-8(6-15)10(12,13)14/h1-5H,6,15H2/b8-4+. The lowest BCUT2D eigenvalue weighted by atomic mass is 10.1. The summed E-state index contributed by atoms with van der Waals surface area (Å²) in [5, 5.41) is 0.391. The second-order valence-corrected chi connectivity index (χ2v) is 3.36. The van der Waals surface area contributed by atoms with Crippen molar-refractivity contribution in [2.24, 2.45) is 5.73 Å². The van der Waals surface area contributed by atoms with E-state index in [1.165, 1.54) is 12.1 Å². The number of nitrogens with two attached hydrogens (primary N) is 1. The summed E-state index contributed by atoms with van der Waals surface area (Å²) in [6.45, 7) is -0.546. The molecule has 0 aliphatic rings. The highest BCUT2D eigenvalue weighted by Crippen LogP contribution is 2.26. The summed E-state index contributed by atoms with van der Waals surface area (Å²) in [6.07, 6.45) is -3.40. The highest BCUT2D eigenvalue weighted by molar-refractivity contribution is 6.30. The first-order valence-electron chi connectivity index (χ1n) is 4.17. The van der Waals surface area contributed by atoms with Crippen molar-refractivity contribution in [1.29, 1.82) is 0 Å². The van der Waals surface area contributed by atoms with E-state index in [0.29, 0.717) is 10.6 Å². The van der Waals surface area contributed by atoms with Gasteiger partial charge in [-0.3, -0.25) is 0 Å². The maximum absolute atomic E-state index is 12.3. The van der Waals surface area contributed by atoms with Crippen LogP contribution in [0.1, 0.15) is 5.56 Å². The minimum Gasteiger partial charge on any atom is -0.326 e. The number of halogens is 4. The third-order valence-corrected chi connectivity index (χ3v) is 2.01. The van der Waals surface area contributed by atoms with Crippen LogP contribution in [-0.4, -0.2) is 12.7 Å². The van der Waals surface area contributed by atoms with Gasteiger partial charge >= 0.3 is 6.18 Å². The van der Waals surface area contributed by atoms with Crippen LogP contribution in [-0.2, 0) is 0 Å². The van der Waals surface area contributed by atoms with Crippen LogP contribution in [0.2, 0.25) is 5.02 Å². The topological polar surface area (TPSA) is 26.0 Å². The molecule has 0 spiro atoms. The zero-order valence-electron chi connectivity index (χ0n) is 7.68. The molecule has 0 atom stereocenters. The fraction of sp³-hybridized carbons (Fsp3) is 0.200. The molecule has 2 N–H and O–H groups in total. The number of rotatable bonds is 2. The molecule has 0 bridgehead atoms. The van der Waals surface area contributed by atoms with Crippen molar-refractivity contribution in [2.45, 2.75) is 6.18 Å². The maximum atomic E-state index is 12.3. The molecular weight excluding hydrogens is 227 g/mol. The van der Waals surface area contributed by atoms with Gasteiger partial charge < -0.3 is 5.73 Å². The van der Waals surface area contributed by atoms with Crippen LogP contribution in [0.15, 0.2) is 29.8 Å². The van der Waals surface area contributed by atoms with Gasteiger partial charge in [0.05, 0.1) is 0 Å². The Kier molecular flexibility index (Phi) is 3.77. The Morgan fingerprint density at radius 2 is 2.07 bits per heavy atom. The van der Waals surface area contributed by atoms with Gasteiger partial charge in [-0.25, -0.2) is 0 Å². The lowest BCUT2D eigenvalue weighted by Gasteiger charge is -2.09. The van der Waals surface area contributed by atoms with Gasteiger partial charge in [0.2, 0.25) is 0 Å². The largest absolute Gasteiger partial charge is 0.413 e. The van der Waals surface area contributed by atoms with E-state index in [4.69, 9.17) is 17.3 Å². The lowest BCUT2D eigenvalue weighted by Crippen LogP contribution is -2.19. The molecule has 0 saturated heterocycles. The first-order chi connectivity index (χ1) is 6.93. The van der Waals surface area contributed by atoms with E-state index in [1.807, 2.05) is 0 Å². The van der Waals surface area contributed by atoms with Gasteiger partial charge in [0.1, 0.15) is 0 Å². The molecule has 1 rings (SSSR count). The summed E-state index contributed by atoms with van der Waals surface area (Å²) in [4.78, 5) is 0. The second-order valence-electron chi connectivity index (χ2n) is 2.93. The minimum atomic E-state index is -4.39. The normalized spacial score (nSPS) is 13.0. The zero-order valence-corrected chi connectivity index (χ0v) is 8.44. The highest BCUT2D eigenvalue weighted by Gasteiger charge is 2.32. The molecule has 82 valence electrons. The van der Waals surface area contributed by atoms with E-state index in [0.717, 1.165) is 6.08 Å². The van der Waals surface area contributed by atoms with E-state index >= 15 is 0 Å². The monoisotopic (exact) mass is 235 g/mol. The first kappa shape index (κ1) is 12.1. The zero-order chi connectivity index (χ0) is 11.5. The minimum absolute atomic E-state index is 0.389. The molecule has 0 heterocycles. The fourth-order valence-corrected chi connectivity index (χ4v) is 1.25. The summed E-state index contributed by atoms with van der Waals surface area (Å²) in [6, 6.07) is 6.16. The predicted octanol–water partition coefficient (Wildman–Crippen LogP) is 3.24. The molecule has 0 saturated carbocycles. The summed E-state index contributed by atoms with van der Waals surface area (Å²) in [5.74, 6) is 0. The van der Waals surface area contributed by atoms with Crippen molar-refractivity contribution in [2.75, 3.05) is 6.54 Å². The Bertz CT molecular complexity index is 371. The van der Waals surface area contributed by atoms with Gasteiger partial charge in [0.15, 0.2) is 0 Å². The Balaban J connectivity index is 3.04. The summed E-state index contributed by atoms with van der Waals surface area (Å²) in [7, 11) is 0. The molecule has 0 amide bonds. The average molecular weight is 236 g/mol. The average Bonchev–Trinajstić information content (AvgIpc) is 2.12. The number of hydrogen-bond acceptors (Lipinski definition) is 1. The molecule has 0 fully saturated rings. The molecule has 0 aliphatic heterocycles. The Hall–Kier alpha value is -1.00. The van der Waals surface area contributed by atoms with Crippen molar-refractivity contribution < 1.29 is 13.2 Å². The molecule has 0 aliphatic carbocycles. The van der Waals surface area contributed by atoms with Crippen molar-refractivity contribution in [1.82, 2.24) is 0 Å². The van der Waals surface area contributed by atoms with Gasteiger partial charge in [0.25, 0.3) is 0 Å². The van der Waals surface area contributed by atoms with Crippen molar-refractivity contribution >= 4 is 17.7 Å². The Morgan fingerprint density at radius 3 is 2.53 bits per heavy atom. The number of hydrogen-bond donors (Lipinski definition) is 1. The smallest absolute Gasteiger partial charge is 0.326 e. The molecular formula is C10H9ClF3N. The van der Waals surface area contributed by atoms with Crippen LogP contribution in [0.3, 0.4) is 0 Å². The van der Waals surface area contributed by atoms with E-state index in [2.05, 4.69) is 0 Å². The van der Waals surface area contributed by atoms with E-state index in [9.17, 15) is 13.2 Å². The molecule has 1 nitrogen and oxygen atoms in total. The molecule has 0 aromatic heterocycles. The van der Waals surface area contributed by atoms with Crippen LogP contribution in [0.5, 0.6) is 0 Å². The third-order valence-electron chi connectivity index (χ3n) is 1.77. The highest BCUT2D eigenvalue weighted by atomic mass is 35.5. The third kappa shape index (κ3) is 3.57. The van der Waals surface area contributed by atoms with Gasteiger partial charge in [-0.15, -0.1) is 0 Å². The fourth-order valence-electron chi connectivity index (χ4n) is 1.05. The molecule has 0 radical (unpaired) electrons. The summed E-state index contributed by atoms with van der Waals surface area (Å²) < 4.78 is 37.0. The van der Waals surface area contributed by atoms with Crippen LogP contribution in [0.25, 0.3) is 6.08 Å². The first-order valence-corrected chi connectivity index (χ1v) is 4.54. The molecule has 0 unspecified atom stereocenters. The van der Waals surface area contributed by atoms with Gasteiger partial charge in [-0.2, -0.15) is 13.2 Å². The van der Waals surface area contributed by atoms with Crippen LogP contribution < -0.4 is 5.73 Å². The van der Waals surface area contributed by atoms with E-state index in [1.54, 1.807) is 12.1 Å². The van der Waals surface area contributed by atoms with Gasteiger partial charge in [0, 0.05) is 17.1 Å². The van der Waals surface area contributed by atoms with Crippen LogP contribution >= 0.6 is 11.6 Å². The maximum Gasteiger partial charge on any atom is 0.413 e. The van der Waals surface area contributed by atoms with E-state index in [-0.39, 0.29) is 0 Å². The van der Waals surface area contributed by atoms with Gasteiger partial charge in [-0.05, 0) is 23.8 Å². The molecule has 1 aromatic carbocycles. The number of benzene rings is 1. The SMILES string of the molecule is NC/C(=C\c1cccc(Cl)c1)C(F)(F)F. The van der Waals surface area contributed by atoms with Crippen molar-refractivity contribution in [3.05, 3.63) is 40.4 Å². The molecule has 1 aromatic rings. The van der Waals surface area contributed by atoms with Crippen molar-refractivity contribution in [3.8, 4) is 0 Å². The summed E-state index contributed by atoms with van der Waals surface area (Å²) in [5.41, 5.74) is 4.64. The summed E-state index contributed by atoms with van der Waals surface area (Å²) >= 11 is 5.64. The molecule has 5 heteroatoms. The second kappa shape index (κ2) is 4.68. The van der Waals surface area contributed by atoms with Crippen LogP contribution in [0.4, 0.5) is 13.2 Å². The molecule has 15 heavy (non-hydrogen) atoms. The lowest BCUT2D eigenvalue weighted by molar-refractivity contribution is -0.0912. The quantitative estimate of drug-likeness (QED) is 0.837. The number of alkyl halides is 3. The Morgan fingerprint density at radius 1 is 1.40 bits per heavy atom. The van der Waals surface area contributed by atoms with Gasteiger partial charge in [-0.1, -0.05) is 23.7 Å². The Labute approximate surface area is 90.3 Å².